The van der Waals surface area contributed by atoms with Crippen molar-refractivity contribution in [1.29, 1.82) is 0 Å². The quantitative estimate of drug-likeness (QED) is 0.756. The monoisotopic (exact) mass is 296 g/mol. The maximum atomic E-state index is 11.5. The van der Waals surface area contributed by atoms with Crippen LogP contribution < -0.4 is 0 Å². The van der Waals surface area contributed by atoms with Gasteiger partial charge in [0.2, 0.25) is 0 Å². The predicted octanol–water partition coefficient (Wildman–Crippen LogP) is 2.53. The van der Waals surface area contributed by atoms with Crippen molar-refractivity contribution in [3.05, 3.63) is 0 Å². The molecule has 2 saturated carbocycles. The lowest BCUT2D eigenvalue weighted by molar-refractivity contribution is -0.239. The van der Waals surface area contributed by atoms with Crippen molar-refractivity contribution >= 4 is 5.97 Å². The first-order valence-corrected chi connectivity index (χ1v) is 8.19. The summed E-state index contributed by atoms with van der Waals surface area (Å²) in [5.74, 6) is 1.11. The minimum atomic E-state index is -0.411. The second-order valence-electron chi connectivity index (χ2n) is 8.18. The highest BCUT2D eigenvalue weighted by molar-refractivity contribution is 5.66. The van der Waals surface area contributed by atoms with E-state index < -0.39 is 5.60 Å². The van der Waals surface area contributed by atoms with Gasteiger partial charge in [0.15, 0.2) is 0 Å². The molecule has 0 radical (unpaired) electrons. The number of ether oxygens (including phenoxy) is 2. The van der Waals surface area contributed by atoms with E-state index in [1.54, 1.807) is 0 Å². The third-order valence-electron chi connectivity index (χ3n) is 6.21. The van der Waals surface area contributed by atoms with Crippen molar-refractivity contribution in [3.63, 3.8) is 0 Å². The summed E-state index contributed by atoms with van der Waals surface area (Å²) in [4.78, 5) is 11.5. The molecule has 2 aliphatic heterocycles. The van der Waals surface area contributed by atoms with Crippen molar-refractivity contribution in [2.45, 2.75) is 77.3 Å². The number of hydrogen-bond acceptors (Lipinski definition) is 4. The van der Waals surface area contributed by atoms with Crippen LogP contribution in [0.15, 0.2) is 0 Å². The molecule has 120 valence electrons. The zero-order chi connectivity index (χ0) is 15.6. The van der Waals surface area contributed by atoms with Gasteiger partial charge in [-0.25, -0.2) is 0 Å². The Labute approximate surface area is 127 Å². The van der Waals surface area contributed by atoms with Gasteiger partial charge in [-0.15, -0.1) is 0 Å². The molecule has 0 aromatic carbocycles. The molecule has 7 atom stereocenters. The first-order chi connectivity index (χ1) is 9.64. The summed E-state index contributed by atoms with van der Waals surface area (Å²) in [6.07, 6.45) is 2.12. The number of rotatable bonds is 1. The topological polar surface area (TPSA) is 55.8 Å². The van der Waals surface area contributed by atoms with Gasteiger partial charge < -0.3 is 14.6 Å². The molecule has 0 amide bonds. The van der Waals surface area contributed by atoms with Gasteiger partial charge in [-0.1, -0.05) is 6.92 Å². The van der Waals surface area contributed by atoms with Gasteiger partial charge >= 0.3 is 5.97 Å². The Morgan fingerprint density at radius 1 is 1.29 bits per heavy atom. The van der Waals surface area contributed by atoms with E-state index in [1.807, 2.05) is 0 Å². The Morgan fingerprint density at radius 2 is 1.95 bits per heavy atom. The number of esters is 1. The lowest BCUT2D eigenvalue weighted by atomic mass is 9.76. The van der Waals surface area contributed by atoms with Crippen LogP contribution in [0.2, 0.25) is 0 Å². The fourth-order valence-corrected chi connectivity index (χ4v) is 5.55. The van der Waals surface area contributed by atoms with Crippen LogP contribution in [-0.4, -0.2) is 34.5 Å². The average molecular weight is 296 g/mol. The molecule has 2 heterocycles. The van der Waals surface area contributed by atoms with E-state index in [1.165, 1.54) is 6.92 Å². The molecule has 4 fully saturated rings. The minimum absolute atomic E-state index is 0.0765. The highest BCUT2D eigenvalue weighted by Gasteiger charge is 2.62. The Bertz CT molecular complexity index is 446. The summed E-state index contributed by atoms with van der Waals surface area (Å²) in [7, 11) is 0. The predicted molar refractivity (Wildman–Crippen MR) is 78.6 cm³/mol. The van der Waals surface area contributed by atoms with Crippen LogP contribution in [0.1, 0.15) is 53.9 Å². The summed E-state index contributed by atoms with van der Waals surface area (Å²) in [5.41, 5.74) is -0.733. The summed E-state index contributed by atoms with van der Waals surface area (Å²) in [6.45, 7) is 10.0. The van der Waals surface area contributed by atoms with Crippen LogP contribution in [0.4, 0.5) is 0 Å². The minimum Gasteiger partial charge on any atom is -0.462 e. The van der Waals surface area contributed by atoms with Crippen molar-refractivity contribution in [3.8, 4) is 0 Å². The second kappa shape index (κ2) is 4.69. The van der Waals surface area contributed by atoms with Crippen LogP contribution in [-0.2, 0) is 14.3 Å². The summed E-state index contributed by atoms with van der Waals surface area (Å²) >= 11 is 0. The van der Waals surface area contributed by atoms with Gasteiger partial charge in [-0.3, -0.25) is 4.79 Å². The fraction of sp³-hybridized carbons (Fsp3) is 0.941. The molecular weight excluding hydrogens is 268 g/mol. The average Bonchev–Trinajstić information content (AvgIpc) is 2.46. The highest BCUT2D eigenvalue weighted by atomic mass is 16.6. The first kappa shape index (κ1) is 15.3. The van der Waals surface area contributed by atoms with Gasteiger partial charge in [-0.2, -0.15) is 0 Å². The molecule has 4 rings (SSSR count). The standard InChI is InChI=1S/C17H28O4/c1-9-6-14(20-10(2)18)15-11(9)7-12-13(19)8-17(15,5)21-16(12,3)4/h9,11-15,19H,6-8H2,1-5H3/t9-,11-,12+,13+,14-,15+,17+/m1/s1. The molecule has 2 aliphatic carbocycles. The van der Waals surface area contributed by atoms with E-state index in [2.05, 4.69) is 27.7 Å². The van der Waals surface area contributed by atoms with Crippen LogP contribution in [0.5, 0.6) is 0 Å². The van der Waals surface area contributed by atoms with E-state index in [9.17, 15) is 9.90 Å². The lowest BCUT2D eigenvalue weighted by Crippen LogP contribution is -2.56. The molecule has 2 saturated heterocycles. The Balaban J connectivity index is 2.00. The molecule has 2 bridgehead atoms. The van der Waals surface area contributed by atoms with Crippen molar-refractivity contribution in [1.82, 2.24) is 0 Å². The first-order valence-electron chi connectivity index (χ1n) is 8.19. The third kappa shape index (κ3) is 2.31. The van der Waals surface area contributed by atoms with E-state index in [0.29, 0.717) is 18.3 Å². The SMILES string of the molecule is CC(=O)O[C@@H]1C[C@@H](C)[C@H]2C[C@H]3[C@@H](O)C[C@](C)(OC3(C)C)[C@@H]21. The number of aliphatic hydroxyl groups excluding tert-OH is 1. The normalized spacial score (nSPS) is 51.3. The number of carbonyl (C=O) groups excluding carboxylic acids is 1. The van der Waals surface area contributed by atoms with Gasteiger partial charge in [-0.05, 0) is 45.4 Å². The molecule has 0 spiro atoms. The molecule has 4 nitrogen and oxygen atoms in total. The molecule has 0 aromatic heterocycles. The number of aliphatic hydroxyl groups is 1. The van der Waals surface area contributed by atoms with E-state index in [-0.39, 0.29) is 35.6 Å². The van der Waals surface area contributed by atoms with Gasteiger partial charge in [0, 0.05) is 25.2 Å². The van der Waals surface area contributed by atoms with Crippen molar-refractivity contribution in [2.75, 3.05) is 0 Å². The number of hydrogen-bond donors (Lipinski definition) is 1. The van der Waals surface area contributed by atoms with E-state index in [4.69, 9.17) is 9.47 Å². The second-order valence-corrected chi connectivity index (χ2v) is 8.18. The van der Waals surface area contributed by atoms with Crippen LogP contribution in [0.3, 0.4) is 0 Å². The molecule has 0 aromatic rings. The Hall–Kier alpha value is -0.610. The zero-order valence-electron chi connectivity index (χ0n) is 13.8. The smallest absolute Gasteiger partial charge is 0.302 e. The number of carbonyl (C=O) groups is 1. The van der Waals surface area contributed by atoms with Gasteiger partial charge in [0.25, 0.3) is 0 Å². The molecule has 21 heavy (non-hydrogen) atoms. The summed E-state index contributed by atoms with van der Waals surface area (Å²) in [5, 5.41) is 10.6. The number of fused-ring (bicyclic) bond motifs is 2. The molecule has 0 unspecified atom stereocenters. The summed E-state index contributed by atoms with van der Waals surface area (Å²) in [6, 6.07) is 0. The fourth-order valence-electron chi connectivity index (χ4n) is 5.55. The Morgan fingerprint density at radius 3 is 2.52 bits per heavy atom. The third-order valence-corrected chi connectivity index (χ3v) is 6.21. The van der Waals surface area contributed by atoms with Gasteiger partial charge in [0.1, 0.15) is 6.10 Å². The molecule has 1 N–H and O–H groups in total. The van der Waals surface area contributed by atoms with Crippen LogP contribution in [0, 0.1) is 23.7 Å². The molecule has 4 aliphatic rings. The van der Waals surface area contributed by atoms with Crippen molar-refractivity contribution in [2.24, 2.45) is 23.7 Å². The molecule has 4 heteroatoms. The maximum Gasteiger partial charge on any atom is 0.302 e. The lowest BCUT2D eigenvalue weighted by Gasteiger charge is -2.50. The van der Waals surface area contributed by atoms with Crippen molar-refractivity contribution < 1.29 is 19.4 Å². The largest absolute Gasteiger partial charge is 0.462 e. The van der Waals surface area contributed by atoms with E-state index >= 15 is 0 Å². The van der Waals surface area contributed by atoms with E-state index in [0.717, 1.165) is 12.8 Å². The summed E-state index contributed by atoms with van der Waals surface area (Å²) < 4.78 is 12.1. The van der Waals surface area contributed by atoms with Gasteiger partial charge in [0.05, 0.1) is 17.3 Å². The zero-order valence-corrected chi connectivity index (χ0v) is 13.8. The molecular formula is C17H28O4. The maximum absolute atomic E-state index is 11.5. The van der Waals surface area contributed by atoms with Crippen LogP contribution in [0.25, 0.3) is 0 Å². The van der Waals surface area contributed by atoms with Crippen LogP contribution >= 0.6 is 0 Å². The Kier molecular flexibility index (Phi) is 3.42. The highest BCUT2D eigenvalue weighted by Crippen LogP contribution is 2.58.